The number of methoxy groups -OCH3 is 1. The van der Waals surface area contributed by atoms with Crippen molar-refractivity contribution in [3.8, 4) is 17.2 Å². The van der Waals surface area contributed by atoms with Crippen molar-refractivity contribution in [1.29, 1.82) is 0 Å². The van der Waals surface area contributed by atoms with Crippen LogP contribution in [0.4, 0.5) is 18.0 Å². The van der Waals surface area contributed by atoms with Gasteiger partial charge < -0.3 is 30.3 Å². The molecule has 1 aliphatic rings. The average molecular weight is 454 g/mol. The van der Waals surface area contributed by atoms with Gasteiger partial charge in [0, 0.05) is 5.56 Å². The fourth-order valence-electron chi connectivity index (χ4n) is 3.55. The highest BCUT2D eigenvalue weighted by Gasteiger charge is 2.66. The van der Waals surface area contributed by atoms with Gasteiger partial charge in [0.25, 0.3) is 0 Å². The minimum absolute atomic E-state index is 0.0237. The molecule has 0 unspecified atom stereocenters. The number of hydrogen-bond acceptors (Lipinski definition) is 6. The van der Waals surface area contributed by atoms with E-state index in [2.05, 4.69) is 5.32 Å². The number of carbonyl (C=O) groups excluding carboxylic acids is 2. The van der Waals surface area contributed by atoms with Crippen LogP contribution < -0.4 is 20.1 Å². The number of aromatic hydroxyl groups is 1. The number of Topliss-reactive ketones (excluding diaryl/α,β-unsaturated/α-hetero) is 1. The van der Waals surface area contributed by atoms with E-state index >= 15 is 0 Å². The van der Waals surface area contributed by atoms with Gasteiger partial charge in [-0.3, -0.25) is 4.79 Å². The molecule has 4 N–H and O–H groups in total. The first-order valence-electron chi connectivity index (χ1n) is 9.53. The van der Waals surface area contributed by atoms with Crippen molar-refractivity contribution >= 4 is 11.8 Å². The van der Waals surface area contributed by atoms with E-state index in [1.165, 1.54) is 48.8 Å². The third-order valence-corrected chi connectivity index (χ3v) is 5.11. The van der Waals surface area contributed by atoms with Crippen LogP contribution in [0, 0.1) is 5.92 Å². The Hall–Kier alpha value is -3.47. The van der Waals surface area contributed by atoms with Crippen LogP contribution in [0.15, 0.2) is 42.5 Å². The Bertz CT molecular complexity index is 1010. The molecule has 0 radical (unpaired) electrons. The van der Waals surface area contributed by atoms with E-state index in [1.807, 2.05) is 0 Å². The van der Waals surface area contributed by atoms with Gasteiger partial charge in [-0.25, -0.2) is 4.79 Å². The van der Waals surface area contributed by atoms with Crippen LogP contribution in [0.25, 0.3) is 0 Å². The molecule has 1 aliphatic heterocycles. The Kier molecular flexibility index (Phi) is 6.22. The number of halogens is 3. The predicted octanol–water partition coefficient (Wildman–Crippen LogP) is 2.90. The van der Waals surface area contributed by atoms with Gasteiger partial charge in [0.05, 0.1) is 19.8 Å². The Labute approximate surface area is 181 Å². The molecule has 1 saturated heterocycles. The molecule has 172 valence electrons. The van der Waals surface area contributed by atoms with E-state index in [0.29, 0.717) is 5.75 Å². The number of carbonyl (C=O) groups is 2. The van der Waals surface area contributed by atoms with Crippen molar-refractivity contribution in [3.05, 3.63) is 53.6 Å². The van der Waals surface area contributed by atoms with Gasteiger partial charge in [0.15, 0.2) is 17.3 Å². The summed E-state index contributed by atoms with van der Waals surface area (Å²) in [5.74, 6) is -3.23. The lowest BCUT2D eigenvalue weighted by molar-refractivity contribution is -0.287. The summed E-state index contributed by atoms with van der Waals surface area (Å²) in [7, 11) is 1.39. The maximum absolute atomic E-state index is 14.0. The highest BCUT2D eigenvalue weighted by molar-refractivity contribution is 6.00. The first-order valence-corrected chi connectivity index (χ1v) is 9.53. The first-order chi connectivity index (χ1) is 15.0. The lowest BCUT2D eigenvalue weighted by Gasteiger charge is -2.45. The van der Waals surface area contributed by atoms with Crippen LogP contribution in [-0.4, -0.2) is 47.6 Å². The monoisotopic (exact) mass is 454 g/mol. The van der Waals surface area contributed by atoms with Crippen LogP contribution in [0.5, 0.6) is 17.2 Å². The Morgan fingerprint density at radius 2 is 1.84 bits per heavy atom. The molecule has 2 aromatic rings. The number of rotatable bonds is 6. The number of phenolic OH excluding ortho intramolecular Hbond substituents is 1. The van der Waals surface area contributed by atoms with Crippen molar-refractivity contribution in [2.24, 2.45) is 5.92 Å². The molecule has 0 aromatic heterocycles. The zero-order valence-electron chi connectivity index (χ0n) is 17.1. The Morgan fingerprint density at radius 3 is 2.41 bits per heavy atom. The standard InChI is InChI=1S/C21H21F3N2O6/c1-3-32-15-10-12(6-9-14(15)27)17-16(18(28)11-4-7-13(31-2)8-5-11)20(30,21(22,23)24)26-19(29)25-17/h4-10,16-17,27,30H,3H2,1-2H3,(H2,25,26,29)/t16-,17-,20-/m0/s1. The molecule has 2 amide bonds. The molecule has 11 heteroatoms. The summed E-state index contributed by atoms with van der Waals surface area (Å²) in [6.07, 6.45) is -5.38. The van der Waals surface area contributed by atoms with E-state index in [9.17, 15) is 33.0 Å². The molecule has 0 spiro atoms. The normalized spacial score (nSPS) is 23.1. The Morgan fingerprint density at radius 1 is 1.19 bits per heavy atom. The molecular weight excluding hydrogens is 433 g/mol. The summed E-state index contributed by atoms with van der Waals surface area (Å²) in [6.45, 7) is 1.78. The third kappa shape index (κ3) is 4.15. The van der Waals surface area contributed by atoms with E-state index < -0.39 is 35.7 Å². The number of aliphatic hydroxyl groups is 1. The van der Waals surface area contributed by atoms with Crippen LogP contribution in [0.1, 0.15) is 28.9 Å². The largest absolute Gasteiger partial charge is 0.504 e. The van der Waals surface area contributed by atoms with Crippen molar-refractivity contribution < 1.29 is 42.4 Å². The summed E-state index contributed by atoms with van der Waals surface area (Å²) >= 11 is 0. The van der Waals surface area contributed by atoms with E-state index in [-0.39, 0.29) is 29.2 Å². The molecule has 0 saturated carbocycles. The highest BCUT2D eigenvalue weighted by Crippen LogP contribution is 2.45. The average Bonchev–Trinajstić information content (AvgIpc) is 2.74. The highest BCUT2D eigenvalue weighted by atomic mass is 19.4. The van der Waals surface area contributed by atoms with Gasteiger partial charge in [-0.05, 0) is 48.9 Å². The zero-order valence-corrected chi connectivity index (χ0v) is 17.1. The first kappa shape index (κ1) is 23.2. The Balaban J connectivity index is 2.15. The molecule has 3 atom stereocenters. The second kappa shape index (κ2) is 8.58. The van der Waals surface area contributed by atoms with E-state index in [4.69, 9.17) is 9.47 Å². The number of benzene rings is 2. The zero-order chi connectivity index (χ0) is 23.7. The fourth-order valence-corrected chi connectivity index (χ4v) is 3.55. The molecule has 1 heterocycles. The number of urea groups is 1. The molecule has 32 heavy (non-hydrogen) atoms. The predicted molar refractivity (Wildman–Crippen MR) is 106 cm³/mol. The number of ether oxygens (including phenoxy) is 2. The minimum Gasteiger partial charge on any atom is -0.504 e. The van der Waals surface area contributed by atoms with Crippen LogP contribution in [0.2, 0.25) is 0 Å². The van der Waals surface area contributed by atoms with Gasteiger partial charge in [-0.2, -0.15) is 13.2 Å². The lowest BCUT2D eigenvalue weighted by Crippen LogP contribution is -2.72. The second-order valence-electron chi connectivity index (χ2n) is 7.07. The molecule has 2 aromatic carbocycles. The molecule has 1 fully saturated rings. The maximum Gasteiger partial charge on any atom is 0.437 e. The lowest BCUT2D eigenvalue weighted by atomic mass is 9.77. The SMILES string of the molecule is CCOc1cc([C@@H]2NC(=O)N[C@@](O)(C(F)(F)F)[C@@H]2C(=O)c2ccc(OC)cc2)ccc1O. The second-order valence-corrected chi connectivity index (χ2v) is 7.07. The summed E-state index contributed by atoms with van der Waals surface area (Å²) in [4.78, 5) is 25.3. The molecule has 3 rings (SSSR count). The fraction of sp³-hybridized carbons (Fsp3) is 0.333. The number of phenols is 1. The van der Waals surface area contributed by atoms with Crippen molar-refractivity contribution in [1.82, 2.24) is 10.6 Å². The number of nitrogens with one attached hydrogen (secondary N) is 2. The van der Waals surface area contributed by atoms with Crippen LogP contribution in [-0.2, 0) is 0 Å². The van der Waals surface area contributed by atoms with Crippen molar-refractivity contribution in [3.63, 3.8) is 0 Å². The number of alkyl halides is 3. The van der Waals surface area contributed by atoms with Crippen LogP contribution >= 0.6 is 0 Å². The van der Waals surface area contributed by atoms with Crippen molar-refractivity contribution in [2.45, 2.75) is 24.9 Å². The number of hydrogen-bond donors (Lipinski definition) is 4. The third-order valence-electron chi connectivity index (χ3n) is 5.11. The van der Waals surface area contributed by atoms with Gasteiger partial charge in [0.1, 0.15) is 11.7 Å². The minimum atomic E-state index is -5.38. The number of amides is 2. The molecule has 0 bridgehead atoms. The van der Waals surface area contributed by atoms with Gasteiger partial charge >= 0.3 is 12.2 Å². The molecule has 0 aliphatic carbocycles. The summed E-state index contributed by atoms with van der Waals surface area (Å²) in [5, 5.41) is 24.3. The summed E-state index contributed by atoms with van der Waals surface area (Å²) < 4.78 is 52.2. The summed E-state index contributed by atoms with van der Waals surface area (Å²) in [6, 6.07) is 5.98. The van der Waals surface area contributed by atoms with Crippen LogP contribution in [0.3, 0.4) is 0 Å². The molecule has 8 nitrogen and oxygen atoms in total. The summed E-state index contributed by atoms with van der Waals surface area (Å²) in [5.41, 5.74) is -3.97. The maximum atomic E-state index is 14.0. The van der Waals surface area contributed by atoms with Gasteiger partial charge in [0.2, 0.25) is 5.72 Å². The smallest absolute Gasteiger partial charge is 0.437 e. The topological polar surface area (TPSA) is 117 Å². The van der Waals surface area contributed by atoms with E-state index in [0.717, 1.165) is 6.07 Å². The quantitative estimate of drug-likeness (QED) is 0.499. The van der Waals surface area contributed by atoms with Crippen molar-refractivity contribution in [2.75, 3.05) is 13.7 Å². The molecular formula is C21H21F3N2O6. The number of ketones is 1. The van der Waals surface area contributed by atoms with Gasteiger partial charge in [-0.15, -0.1) is 0 Å². The van der Waals surface area contributed by atoms with E-state index in [1.54, 1.807) is 6.92 Å². The van der Waals surface area contributed by atoms with Gasteiger partial charge in [-0.1, -0.05) is 6.07 Å².